The minimum atomic E-state index is -0.836. The second kappa shape index (κ2) is 7.85. The molecule has 1 amide bonds. The van der Waals surface area contributed by atoms with Gasteiger partial charge in [0.25, 0.3) is 5.91 Å². The highest BCUT2D eigenvalue weighted by molar-refractivity contribution is 6.30. The summed E-state index contributed by atoms with van der Waals surface area (Å²) in [7, 11) is 2.96. The second-order valence-corrected chi connectivity index (χ2v) is 5.25. The zero-order chi connectivity index (χ0) is 16.8. The third-order valence-electron chi connectivity index (χ3n) is 3.37. The highest BCUT2D eigenvalue weighted by atomic mass is 35.5. The average Bonchev–Trinajstić information content (AvgIpc) is 2.59. The number of halogens is 1. The lowest BCUT2D eigenvalue weighted by Crippen LogP contribution is -2.29. The maximum absolute atomic E-state index is 12.4. The molecule has 2 N–H and O–H groups in total. The van der Waals surface area contributed by atoms with E-state index in [9.17, 15) is 9.90 Å². The van der Waals surface area contributed by atoms with Crippen LogP contribution in [0.25, 0.3) is 0 Å². The van der Waals surface area contributed by atoms with Crippen LogP contribution in [-0.2, 0) is 0 Å². The molecule has 5 nitrogen and oxygen atoms in total. The number of ether oxygens (including phenoxy) is 2. The van der Waals surface area contributed by atoms with E-state index in [1.54, 1.807) is 42.5 Å². The number of hydrogen-bond acceptors (Lipinski definition) is 4. The van der Waals surface area contributed by atoms with Crippen LogP contribution in [0.2, 0.25) is 5.02 Å². The first-order valence-corrected chi connectivity index (χ1v) is 7.37. The predicted octanol–water partition coefficient (Wildman–Crippen LogP) is 2.82. The average molecular weight is 336 g/mol. The molecule has 1 atom stereocenters. The lowest BCUT2D eigenvalue weighted by atomic mass is 10.1. The van der Waals surface area contributed by atoms with Gasteiger partial charge in [0.2, 0.25) is 0 Å². The minimum Gasteiger partial charge on any atom is -0.496 e. The molecule has 2 aromatic carbocycles. The van der Waals surface area contributed by atoms with Crippen LogP contribution in [0.5, 0.6) is 11.5 Å². The minimum absolute atomic E-state index is 0.0572. The predicted molar refractivity (Wildman–Crippen MR) is 88.3 cm³/mol. The molecule has 1 unspecified atom stereocenters. The van der Waals surface area contributed by atoms with E-state index in [0.29, 0.717) is 27.6 Å². The highest BCUT2D eigenvalue weighted by Gasteiger charge is 2.19. The summed E-state index contributed by atoms with van der Waals surface area (Å²) in [4.78, 5) is 12.4. The number of rotatable bonds is 6. The number of amides is 1. The van der Waals surface area contributed by atoms with Crippen LogP contribution in [-0.4, -0.2) is 31.8 Å². The molecule has 0 saturated carbocycles. The Morgan fingerprint density at radius 2 is 1.70 bits per heavy atom. The number of carbonyl (C=O) groups excluding carboxylic acids is 1. The van der Waals surface area contributed by atoms with Crippen LogP contribution in [0.4, 0.5) is 0 Å². The van der Waals surface area contributed by atoms with Crippen molar-refractivity contribution in [2.75, 3.05) is 20.8 Å². The monoisotopic (exact) mass is 335 g/mol. The largest absolute Gasteiger partial charge is 0.496 e. The van der Waals surface area contributed by atoms with E-state index in [1.807, 2.05) is 0 Å². The van der Waals surface area contributed by atoms with E-state index in [1.165, 1.54) is 14.2 Å². The van der Waals surface area contributed by atoms with Gasteiger partial charge >= 0.3 is 0 Å². The summed E-state index contributed by atoms with van der Waals surface area (Å²) < 4.78 is 10.4. The molecule has 0 aliphatic carbocycles. The van der Waals surface area contributed by atoms with Gasteiger partial charge in [-0.25, -0.2) is 0 Å². The Morgan fingerprint density at radius 1 is 1.13 bits per heavy atom. The molecule has 0 heterocycles. The van der Waals surface area contributed by atoms with Gasteiger partial charge in [0, 0.05) is 11.6 Å². The van der Waals surface area contributed by atoms with Gasteiger partial charge in [-0.15, -0.1) is 0 Å². The third-order valence-corrected chi connectivity index (χ3v) is 3.62. The van der Waals surface area contributed by atoms with Crippen molar-refractivity contribution in [3.8, 4) is 11.5 Å². The summed E-state index contributed by atoms with van der Waals surface area (Å²) in [5, 5.41) is 13.4. The van der Waals surface area contributed by atoms with Crippen LogP contribution >= 0.6 is 11.6 Å². The lowest BCUT2D eigenvalue weighted by Gasteiger charge is -2.15. The zero-order valence-corrected chi connectivity index (χ0v) is 13.6. The lowest BCUT2D eigenvalue weighted by molar-refractivity contribution is 0.0910. The van der Waals surface area contributed by atoms with Gasteiger partial charge in [0.05, 0.1) is 20.3 Å². The Hall–Kier alpha value is -2.24. The maximum atomic E-state index is 12.4. The van der Waals surface area contributed by atoms with Crippen molar-refractivity contribution in [2.45, 2.75) is 6.10 Å². The topological polar surface area (TPSA) is 67.8 Å². The van der Waals surface area contributed by atoms with E-state index < -0.39 is 6.10 Å². The molecule has 0 spiro atoms. The van der Waals surface area contributed by atoms with Crippen LogP contribution in [0.1, 0.15) is 22.0 Å². The Balaban J connectivity index is 2.09. The van der Waals surface area contributed by atoms with Gasteiger partial charge in [0.15, 0.2) is 0 Å². The Labute approximate surface area is 139 Å². The standard InChI is InChI=1S/C17H18ClNO4/c1-22-14-4-3-5-15(23-2)16(14)17(21)19-10-13(20)11-6-8-12(18)9-7-11/h3-9,13,20H,10H2,1-2H3,(H,19,21). The zero-order valence-electron chi connectivity index (χ0n) is 12.9. The fourth-order valence-electron chi connectivity index (χ4n) is 2.16. The van der Waals surface area contributed by atoms with Crippen molar-refractivity contribution in [1.29, 1.82) is 0 Å². The first-order chi connectivity index (χ1) is 11.1. The molecule has 0 fully saturated rings. The van der Waals surface area contributed by atoms with E-state index in [4.69, 9.17) is 21.1 Å². The second-order valence-electron chi connectivity index (χ2n) is 4.81. The molecule has 0 saturated heterocycles. The Morgan fingerprint density at radius 3 is 2.22 bits per heavy atom. The normalized spacial score (nSPS) is 11.7. The third kappa shape index (κ3) is 4.15. The van der Waals surface area contributed by atoms with Gasteiger partial charge in [0.1, 0.15) is 17.1 Å². The smallest absolute Gasteiger partial charge is 0.258 e. The fourth-order valence-corrected chi connectivity index (χ4v) is 2.28. The number of aliphatic hydroxyl groups excluding tert-OH is 1. The molecule has 0 aliphatic heterocycles. The van der Waals surface area contributed by atoms with E-state index >= 15 is 0 Å². The highest BCUT2D eigenvalue weighted by Crippen LogP contribution is 2.28. The quantitative estimate of drug-likeness (QED) is 0.851. The van der Waals surface area contributed by atoms with Crippen LogP contribution in [0, 0.1) is 0 Å². The molecule has 2 aromatic rings. The number of carbonyl (C=O) groups is 1. The Bertz CT molecular complexity index is 651. The number of aliphatic hydroxyl groups is 1. The van der Waals surface area contributed by atoms with Crippen molar-refractivity contribution in [3.63, 3.8) is 0 Å². The van der Waals surface area contributed by atoms with E-state index in [-0.39, 0.29) is 12.5 Å². The number of benzene rings is 2. The van der Waals surface area contributed by atoms with E-state index in [2.05, 4.69) is 5.32 Å². The van der Waals surface area contributed by atoms with Crippen molar-refractivity contribution in [1.82, 2.24) is 5.32 Å². The molecule has 0 radical (unpaired) electrons. The molecule has 2 rings (SSSR count). The summed E-state index contributed by atoms with van der Waals surface area (Å²) in [5.41, 5.74) is 0.961. The SMILES string of the molecule is COc1cccc(OC)c1C(=O)NCC(O)c1ccc(Cl)cc1. The van der Waals surface area contributed by atoms with Crippen LogP contribution in [0.15, 0.2) is 42.5 Å². The molecule has 122 valence electrons. The number of hydrogen-bond donors (Lipinski definition) is 2. The molecule has 0 aromatic heterocycles. The van der Waals surface area contributed by atoms with Gasteiger partial charge in [-0.1, -0.05) is 29.8 Å². The van der Waals surface area contributed by atoms with E-state index in [0.717, 1.165) is 0 Å². The van der Waals surface area contributed by atoms with Gasteiger partial charge in [-0.2, -0.15) is 0 Å². The summed E-state index contributed by atoms with van der Waals surface area (Å²) in [6.07, 6.45) is -0.836. The molecule has 0 bridgehead atoms. The first-order valence-electron chi connectivity index (χ1n) is 6.99. The maximum Gasteiger partial charge on any atom is 0.258 e. The van der Waals surface area contributed by atoms with Gasteiger partial charge in [-0.05, 0) is 29.8 Å². The van der Waals surface area contributed by atoms with Gasteiger partial charge in [-0.3, -0.25) is 4.79 Å². The number of methoxy groups -OCH3 is 2. The summed E-state index contributed by atoms with van der Waals surface area (Å²) in [5.74, 6) is 0.429. The van der Waals surface area contributed by atoms with Crippen LogP contribution in [0.3, 0.4) is 0 Å². The first kappa shape index (κ1) is 17.1. The van der Waals surface area contributed by atoms with Crippen molar-refractivity contribution in [2.24, 2.45) is 0 Å². The molecule has 6 heteroatoms. The van der Waals surface area contributed by atoms with Crippen molar-refractivity contribution >= 4 is 17.5 Å². The summed E-state index contributed by atoms with van der Waals surface area (Å²) >= 11 is 5.81. The van der Waals surface area contributed by atoms with Crippen molar-refractivity contribution < 1.29 is 19.4 Å². The molecular formula is C17H18ClNO4. The summed E-state index contributed by atoms with van der Waals surface area (Å²) in [6, 6.07) is 11.9. The van der Waals surface area contributed by atoms with Crippen LogP contribution < -0.4 is 14.8 Å². The van der Waals surface area contributed by atoms with Crippen molar-refractivity contribution in [3.05, 3.63) is 58.6 Å². The van der Waals surface area contributed by atoms with Gasteiger partial charge < -0.3 is 19.9 Å². The number of nitrogens with one attached hydrogen (secondary N) is 1. The Kier molecular flexibility index (Phi) is 5.84. The summed E-state index contributed by atoms with van der Waals surface area (Å²) in [6.45, 7) is 0.0572. The molecule has 0 aliphatic rings. The fraction of sp³-hybridized carbons (Fsp3) is 0.235. The molecule has 23 heavy (non-hydrogen) atoms. The molecular weight excluding hydrogens is 318 g/mol.